The van der Waals surface area contributed by atoms with E-state index in [9.17, 15) is 4.79 Å². The van der Waals surface area contributed by atoms with E-state index in [0.29, 0.717) is 11.7 Å². The maximum atomic E-state index is 12.2. The molecule has 26 heavy (non-hydrogen) atoms. The Hall–Kier alpha value is -2.18. The largest absolute Gasteiger partial charge is 0.354 e. The smallest absolute Gasteiger partial charge is 0.271 e. The third kappa shape index (κ3) is 3.04. The van der Waals surface area contributed by atoms with Crippen LogP contribution in [-0.4, -0.2) is 40.7 Å². The van der Waals surface area contributed by atoms with Gasteiger partial charge in [0.1, 0.15) is 0 Å². The van der Waals surface area contributed by atoms with Crippen molar-refractivity contribution >= 4 is 27.3 Å². The van der Waals surface area contributed by atoms with Gasteiger partial charge in [-0.2, -0.15) is 5.10 Å². The summed E-state index contributed by atoms with van der Waals surface area (Å²) in [6, 6.07) is 11.3. The predicted molar refractivity (Wildman–Crippen MR) is 106 cm³/mol. The molecule has 5 nitrogen and oxygen atoms in total. The van der Waals surface area contributed by atoms with Gasteiger partial charge in [0.25, 0.3) is 5.91 Å². The summed E-state index contributed by atoms with van der Waals surface area (Å²) in [6.07, 6.45) is 2.95. The third-order valence-corrected chi connectivity index (χ3v) is 6.48. The summed E-state index contributed by atoms with van der Waals surface area (Å²) < 4.78 is 3.22. The van der Waals surface area contributed by atoms with Gasteiger partial charge in [0.2, 0.25) is 0 Å². The van der Waals surface area contributed by atoms with Crippen molar-refractivity contribution in [3.8, 4) is 0 Å². The second kappa shape index (κ2) is 6.85. The Morgan fingerprint density at radius 1 is 1.42 bits per heavy atom. The van der Waals surface area contributed by atoms with Crippen LogP contribution in [0.5, 0.6) is 0 Å². The number of rotatable bonds is 4. The summed E-state index contributed by atoms with van der Waals surface area (Å²) in [5.74, 6) is -0.0883. The van der Waals surface area contributed by atoms with Crippen molar-refractivity contribution in [2.45, 2.75) is 31.8 Å². The zero-order valence-electron chi connectivity index (χ0n) is 15.5. The molecule has 2 heterocycles. The lowest BCUT2D eigenvalue weighted by Gasteiger charge is -2.31. The van der Waals surface area contributed by atoms with Gasteiger partial charge in [0, 0.05) is 47.5 Å². The molecule has 0 saturated carbocycles. The van der Waals surface area contributed by atoms with E-state index in [2.05, 4.69) is 52.7 Å². The highest BCUT2D eigenvalue weighted by Gasteiger charge is 2.29. The Balaban J connectivity index is 1.53. The number of thiophene rings is 1. The summed E-state index contributed by atoms with van der Waals surface area (Å²) in [5.41, 5.74) is 2.91. The molecule has 1 aliphatic rings. The van der Waals surface area contributed by atoms with E-state index in [1.54, 1.807) is 7.05 Å². The van der Waals surface area contributed by atoms with Crippen LogP contribution in [0.2, 0.25) is 0 Å². The Bertz CT molecular complexity index is 925. The van der Waals surface area contributed by atoms with Crippen molar-refractivity contribution in [1.29, 1.82) is 0 Å². The van der Waals surface area contributed by atoms with E-state index >= 15 is 0 Å². The number of fused-ring (bicyclic) bond motifs is 2. The molecular formula is C20H24N4OS. The maximum Gasteiger partial charge on any atom is 0.271 e. The fourth-order valence-corrected chi connectivity index (χ4v) is 5.07. The van der Waals surface area contributed by atoms with Crippen LogP contribution < -0.4 is 5.32 Å². The number of aryl methyl sites for hydroxylation is 1. The lowest BCUT2D eigenvalue weighted by atomic mass is 9.90. The topological polar surface area (TPSA) is 50.2 Å². The first-order valence-corrected chi connectivity index (χ1v) is 9.83. The normalized spacial score (nSPS) is 16.8. The Kier molecular flexibility index (Phi) is 4.54. The number of aromatic nitrogens is 2. The second-order valence-corrected chi connectivity index (χ2v) is 8.21. The average Bonchev–Trinajstić information content (AvgIpc) is 3.21. The number of carbonyl (C=O) groups is 1. The van der Waals surface area contributed by atoms with Gasteiger partial charge >= 0.3 is 0 Å². The van der Waals surface area contributed by atoms with Crippen LogP contribution in [0.15, 0.2) is 30.3 Å². The van der Waals surface area contributed by atoms with E-state index in [0.717, 1.165) is 31.4 Å². The van der Waals surface area contributed by atoms with Gasteiger partial charge in [-0.3, -0.25) is 14.4 Å². The van der Waals surface area contributed by atoms with Crippen molar-refractivity contribution in [3.63, 3.8) is 0 Å². The third-order valence-electron chi connectivity index (χ3n) is 5.38. The highest BCUT2D eigenvalue weighted by molar-refractivity contribution is 7.19. The van der Waals surface area contributed by atoms with Crippen molar-refractivity contribution < 1.29 is 4.79 Å². The quantitative estimate of drug-likeness (QED) is 0.770. The fraction of sp³-hybridized carbons (Fsp3) is 0.400. The van der Waals surface area contributed by atoms with Gasteiger partial charge in [-0.1, -0.05) is 18.2 Å². The van der Waals surface area contributed by atoms with E-state index in [1.807, 2.05) is 23.1 Å². The molecule has 0 saturated heterocycles. The molecule has 0 fully saturated rings. The highest BCUT2D eigenvalue weighted by atomic mass is 32.1. The Morgan fingerprint density at radius 3 is 3.00 bits per heavy atom. The van der Waals surface area contributed by atoms with Gasteiger partial charge in [0.05, 0.1) is 0 Å². The number of nitrogens with one attached hydrogen (secondary N) is 1. The summed E-state index contributed by atoms with van der Waals surface area (Å²) in [7, 11) is 5.79. The molecular weight excluding hydrogens is 344 g/mol. The molecule has 1 aromatic carbocycles. The second-order valence-electron chi connectivity index (χ2n) is 7.04. The first-order valence-electron chi connectivity index (χ1n) is 9.01. The van der Waals surface area contributed by atoms with E-state index in [4.69, 9.17) is 0 Å². The van der Waals surface area contributed by atoms with Gasteiger partial charge in [-0.25, -0.2) is 0 Å². The molecule has 4 rings (SSSR count). The fourth-order valence-electron chi connectivity index (χ4n) is 3.94. The number of benzene rings is 1. The van der Waals surface area contributed by atoms with Crippen LogP contribution in [-0.2, 0) is 26.4 Å². The molecule has 0 aliphatic heterocycles. The number of hydrogen-bond acceptors (Lipinski definition) is 4. The SMILES string of the molecule is CNC(=O)c1nn(C)c2c1CC(N(C)Cc1cc3ccccc3s1)CC2. The molecule has 1 aliphatic carbocycles. The standard InChI is InChI=1S/C20H24N4OS/c1-21-20(25)19-16-11-14(8-9-17(16)24(3)22-19)23(2)12-15-10-13-6-4-5-7-18(13)26-15/h4-7,10,14H,8-9,11-12H2,1-3H3,(H,21,25). The Morgan fingerprint density at radius 2 is 2.23 bits per heavy atom. The number of carbonyl (C=O) groups excluding carboxylic acids is 1. The molecule has 1 amide bonds. The van der Waals surface area contributed by atoms with Crippen molar-refractivity contribution in [2.75, 3.05) is 14.1 Å². The summed E-state index contributed by atoms with van der Waals surface area (Å²) in [6.45, 7) is 0.939. The molecule has 6 heteroatoms. The average molecular weight is 369 g/mol. The van der Waals surface area contributed by atoms with E-state index in [1.165, 1.54) is 20.7 Å². The molecule has 1 atom stereocenters. The van der Waals surface area contributed by atoms with Crippen LogP contribution >= 0.6 is 11.3 Å². The minimum Gasteiger partial charge on any atom is -0.354 e. The van der Waals surface area contributed by atoms with Crippen molar-refractivity contribution in [1.82, 2.24) is 20.0 Å². The maximum absolute atomic E-state index is 12.2. The molecule has 3 aromatic rings. The molecule has 0 bridgehead atoms. The number of nitrogens with zero attached hydrogens (tertiary/aromatic N) is 3. The van der Waals surface area contributed by atoms with E-state index < -0.39 is 0 Å². The molecule has 1 unspecified atom stereocenters. The monoisotopic (exact) mass is 368 g/mol. The molecule has 136 valence electrons. The minimum absolute atomic E-state index is 0.0883. The van der Waals surface area contributed by atoms with E-state index in [-0.39, 0.29) is 5.91 Å². The summed E-state index contributed by atoms with van der Waals surface area (Å²) >= 11 is 1.87. The number of hydrogen-bond donors (Lipinski definition) is 1. The molecule has 0 radical (unpaired) electrons. The van der Waals surface area contributed by atoms with Crippen LogP contribution in [0.3, 0.4) is 0 Å². The summed E-state index contributed by atoms with van der Waals surface area (Å²) in [5, 5.41) is 8.49. The van der Waals surface area contributed by atoms with Crippen LogP contribution in [0.1, 0.15) is 33.0 Å². The molecule has 2 aromatic heterocycles. The van der Waals surface area contributed by atoms with Crippen LogP contribution in [0.4, 0.5) is 0 Å². The molecule has 0 spiro atoms. The Labute approximate surface area is 157 Å². The predicted octanol–water partition coefficient (Wildman–Crippen LogP) is 2.98. The first kappa shape index (κ1) is 17.2. The van der Waals surface area contributed by atoms with Gasteiger partial charge < -0.3 is 5.32 Å². The first-order chi connectivity index (χ1) is 12.6. The summed E-state index contributed by atoms with van der Waals surface area (Å²) in [4.78, 5) is 16.0. The zero-order valence-corrected chi connectivity index (χ0v) is 16.3. The van der Waals surface area contributed by atoms with Crippen LogP contribution in [0, 0.1) is 0 Å². The van der Waals surface area contributed by atoms with Gasteiger partial charge in [-0.05, 0) is 43.8 Å². The number of amides is 1. The minimum atomic E-state index is -0.0883. The lowest BCUT2D eigenvalue weighted by Crippen LogP contribution is -2.36. The molecule has 1 N–H and O–H groups in total. The highest BCUT2D eigenvalue weighted by Crippen LogP contribution is 2.30. The van der Waals surface area contributed by atoms with Crippen LogP contribution in [0.25, 0.3) is 10.1 Å². The van der Waals surface area contributed by atoms with Crippen molar-refractivity contribution in [3.05, 3.63) is 52.2 Å². The van der Waals surface area contributed by atoms with Gasteiger partial charge in [0.15, 0.2) is 5.69 Å². The number of likely N-dealkylation sites (N-methyl/N-ethyl adjacent to an activating group) is 1. The van der Waals surface area contributed by atoms with Crippen molar-refractivity contribution in [2.24, 2.45) is 7.05 Å². The lowest BCUT2D eigenvalue weighted by molar-refractivity contribution is 0.0955. The van der Waals surface area contributed by atoms with Gasteiger partial charge in [-0.15, -0.1) is 11.3 Å². The zero-order chi connectivity index (χ0) is 18.3.